The van der Waals surface area contributed by atoms with E-state index in [4.69, 9.17) is 13.6 Å². The lowest BCUT2D eigenvalue weighted by Crippen LogP contribution is -2.04. The molecule has 0 saturated heterocycles. The number of phosphoric ester groups is 1. The molecule has 0 radical (unpaired) electrons. The Bertz CT molecular complexity index is 516. The number of phosphoric acid groups is 1. The second kappa shape index (κ2) is 8.48. The molecule has 4 nitrogen and oxygen atoms in total. The van der Waals surface area contributed by atoms with E-state index in [0.29, 0.717) is 5.56 Å². The lowest BCUT2D eigenvalue weighted by Gasteiger charge is -2.15. The molecule has 0 bridgehead atoms. The summed E-state index contributed by atoms with van der Waals surface area (Å²) >= 11 is 0. The van der Waals surface area contributed by atoms with Crippen LogP contribution in [-0.4, -0.2) is 19.8 Å². The van der Waals surface area contributed by atoms with Crippen molar-refractivity contribution < 1.29 is 31.3 Å². The van der Waals surface area contributed by atoms with E-state index in [1.165, 1.54) is 18.2 Å². The van der Waals surface area contributed by atoms with Crippen LogP contribution < -0.4 is 0 Å². The fourth-order valence-corrected chi connectivity index (χ4v) is 2.65. The second-order valence-corrected chi connectivity index (χ2v) is 5.77. The normalized spacial score (nSPS) is 13.0. The molecule has 0 aliphatic heterocycles. The Kier molecular flexibility index (Phi) is 7.29. The highest BCUT2D eigenvalue weighted by atomic mass is 31.2. The minimum absolute atomic E-state index is 0.0434. The van der Waals surface area contributed by atoms with Gasteiger partial charge in [-0.3, -0.25) is 13.6 Å². The third-order valence-electron chi connectivity index (χ3n) is 2.45. The van der Waals surface area contributed by atoms with Crippen molar-refractivity contribution in [2.75, 3.05) is 19.8 Å². The van der Waals surface area contributed by atoms with E-state index in [1.54, 1.807) is 19.9 Å². The zero-order valence-corrected chi connectivity index (χ0v) is 13.2. The number of alkyl halides is 3. The van der Waals surface area contributed by atoms with E-state index >= 15 is 0 Å². The summed E-state index contributed by atoms with van der Waals surface area (Å²) in [6, 6.07) is 4.66. The third kappa shape index (κ3) is 6.32. The minimum atomic E-state index is -4.35. The van der Waals surface area contributed by atoms with Gasteiger partial charge in [0.25, 0.3) is 0 Å². The zero-order valence-electron chi connectivity index (χ0n) is 12.3. The van der Waals surface area contributed by atoms with Gasteiger partial charge in [-0.15, -0.1) is 0 Å². The predicted octanol–water partition coefficient (Wildman–Crippen LogP) is 4.92. The fourth-order valence-electron chi connectivity index (χ4n) is 1.53. The Morgan fingerprint density at radius 1 is 1.05 bits per heavy atom. The molecule has 1 aromatic carbocycles. The topological polar surface area (TPSA) is 44.8 Å². The summed E-state index contributed by atoms with van der Waals surface area (Å²) in [4.78, 5) is 0. The number of hydrogen-bond acceptors (Lipinski definition) is 4. The highest BCUT2D eigenvalue weighted by Gasteiger charge is 2.29. The summed E-state index contributed by atoms with van der Waals surface area (Å²) < 4.78 is 64.1. The minimum Gasteiger partial charge on any atom is -0.287 e. The van der Waals surface area contributed by atoms with Gasteiger partial charge in [0.1, 0.15) is 0 Å². The summed E-state index contributed by atoms with van der Waals surface area (Å²) in [6.45, 7) is 3.64. The molecule has 0 aliphatic rings. The van der Waals surface area contributed by atoms with Crippen LogP contribution in [0.4, 0.5) is 13.2 Å². The molecule has 0 heterocycles. The third-order valence-corrected chi connectivity index (χ3v) is 4.07. The highest BCUT2D eigenvalue weighted by Crippen LogP contribution is 2.49. The summed E-state index contributed by atoms with van der Waals surface area (Å²) in [5.74, 6) is 0. The first-order chi connectivity index (χ1) is 10.3. The molecule has 124 valence electrons. The van der Waals surface area contributed by atoms with Crippen LogP contribution in [0.5, 0.6) is 0 Å². The van der Waals surface area contributed by atoms with E-state index in [9.17, 15) is 17.7 Å². The predicted molar refractivity (Wildman–Crippen MR) is 77.3 cm³/mol. The smallest absolute Gasteiger partial charge is 0.287 e. The van der Waals surface area contributed by atoms with Crippen molar-refractivity contribution in [3.63, 3.8) is 0 Å². The van der Waals surface area contributed by atoms with E-state index in [-0.39, 0.29) is 19.8 Å². The summed E-state index contributed by atoms with van der Waals surface area (Å²) in [5.41, 5.74) is -0.141. The lowest BCUT2D eigenvalue weighted by molar-refractivity contribution is -0.137. The van der Waals surface area contributed by atoms with Crippen molar-refractivity contribution in [3.05, 3.63) is 41.5 Å². The van der Waals surface area contributed by atoms with Gasteiger partial charge in [0, 0.05) is 0 Å². The summed E-state index contributed by atoms with van der Waals surface area (Å²) in [7, 11) is -3.57. The van der Waals surface area contributed by atoms with Crippen molar-refractivity contribution in [3.8, 4) is 0 Å². The van der Waals surface area contributed by atoms with Gasteiger partial charge < -0.3 is 0 Å². The van der Waals surface area contributed by atoms with Crippen molar-refractivity contribution >= 4 is 13.9 Å². The highest BCUT2D eigenvalue weighted by molar-refractivity contribution is 7.48. The van der Waals surface area contributed by atoms with Gasteiger partial charge in [-0.1, -0.05) is 24.3 Å². The molecule has 0 N–H and O–H groups in total. The van der Waals surface area contributed by atoms with Crippen LogP contribution >= 0.6 is 7.82 Å². The SMILES string of the molecule is CCOP(=O)(OCC)OC/C=C/c1ccc(C(F)(F)F)cc1. The first kappa shape index (κ1) is 18.9. The van der Waals surface area contributed by atoms with Gasteiger partial charge >= 0.3 is 14.0 Å². The van der Waals surface area contributed by atoms with Crippen LogP contribution in [0.15, 0.2) is 30.3 Å². The molecule has 0 saturated carbocycles. The summed E-state index contributed by atoms with van der Waals surface area (Å²) in [6.07, 6.45) is -1.28. The molecular formula is C14H18F3O4P. The molecule has 0 amide bonds. The number of rotatable bonds is 8. The van der Waals surface area contributed by atoms with Gasteiger partial charge in [0.05, 0.1) is 25.4 Å². The van der Waals surface area contributed by atoms with Crippen LogP contribution in [0, 0.1) is 0 Å². The molecule has 22 heavy (non-hydrogen) atoms. The largest absolute Gasteiger partial charge is 0.475 e. The van der Waals surface area contributed by atoms with Crippen LogP contribution in [0.2, 0.25) is 0 Å². The van der Waals surface area contributed by atoms with Crippen molar-refractivity contribution in [2.24, 2.45) is 0 Å². The first-order valence-corrected chi connectivity index (χ1v) is 8.14. The van der Waals surface area contributed by atoms with Crippen LogP contribution in [0.1, 0.15) is 25.0 Å². The van der Waals surface area contributed by atoms with Crippen LogP contribution in [-0.2, 0) is 24.3 Å². The second-order valence-electron chi connectivity index (χ2n) is 4.10. The van der Waals surface area contributed by atoms with E-state index in [0.717, 1.165) is 12.1 Å². The molecule has 0 unspecified atom stereocenters. The van der Waals surface area contributed by atoms with Crippen LogP contribution in [0.3, 0.4) is 0 Å². The van der Waals surface area contributed by atoms with Crippen molar-refractivity contribution in [1.82, 2.24) is 0 Å². The maximum atomic E-state index is 12.4. The van der Waals surface area contributed by atoms with Crippen molar-refractivity contribution in [1.29, 1.82) is 0 Å². The molecule has 1 rings (SSSR count). The van der Waals surface area contributed by atoms with E-state index < -0.39 is 19.6 Å². The fraction of sp³-hybridized carbons (Fsp3) is 0.429. The molecule has 1 aromatic rings. The molecule has 8 heteroatoms. The van der Waals surface area contributed by atoms with E-state index in [2.05, 4.69) is 0 Å². The van der Waals surface area contributed by atoms with Gasteiger partial charge in [-0.25, -0.2) is 4.57 Å². The molecule has 0 aromatic heterocycles. The Balaban J connectivity index is 2.57. The Labute approximate surface area is 127 Å². The van der Waals surface area contributed by atoms with Gasteiger partial charge in [0.2, 0.25) is 0 Å². The Morgan fingerprint density at radius 2 is 1.59 bits per heavy atom. The maximum Gasteiger partial charge on any atom is 0.475 e. The lowest BCUT2D eigenvalue weighted by atomic mass is 10.1. The molecule has 0 aliphatic carbocycles. The molecular weight excluding hydrogens is 320 g/mol. The molecule has 0 fully saturated rings. The zero-order chi connectivity index (χ0) is 16.6. The number of hydrogen-bond donors (Lipinski definition) is 0. The standard InChI is InChI=1S/C14H18F3O4P/c1-3-19-22(18,20-4-2)21-11-5-6-12-7-9-13(10-8-12)14(15,16)17/h5-10H,3-4,11H2,1-2H3/b6-5+. The monoisotopic (exact) mass is 338 g/mol. The maximum absolute atomic E-state index is 12.4. The number of halogens is 3. The average Bonchev–Trinajstić information content (AvgIpc) is 2.44. The Morgan fingerprint density at radius 3 is 2.05 bits per heavy atom. The first-order valence-electron chi connectivity index (χ1n) is 6.68. The van der Waals surface area contributed by atoms with E-state index in [1.807, 2.05) is 0 Å². The molecule has 0 spiro atoms. The quantitative estimate of drug-likeness (QED) is 0.631. The molecule has 0 atom stereocenters. The average molecular weight is 338 g/mol. The number of benzene rings is 1. The van der Waals surface area contributed by atoms with Gasteiger partial charge in [0.15, 0.2) is 0 Å². The van der Waals surface area contributed by atoms with Gasteiger partial charge in [-0.2, -0.15) is 13.2 Å². The Hall–Kier alpha value is -1.14. The summed E-state index contributed by atoms with van der Waals surface area (Å²) in [5, 5.41) is 0. The van der Waals surface area contributed by atoms with Crippen molar-refractivity contribution in [2.45, 2.75) is 20.0 Å². The van der Waals surface area contributed by atoms with Gasteiger partial charge in [-0.05, 0) is 31.5 Å². The van der Waals surface area contributed by atoms with Crippen LogP contribution in [0.25, 0.3) is 6.08 Å².